The molecule has 3 aromatic carbocycles. The van der Waals surface area contributed by atoms with Gasteiger partial charge in [0.1, 0.15) is 17.3 Å². The predicted molar refractivity (Wildman–Crippen MR) is 141 cm³/mol. The molecule has 0 bridgehead atoms. The van der Waals surface area contributed by atoms with Gasteiger partial charge in [-0.25, -0.2) is 4.98 Å². The zero-order valence-corrected chi connectivity index (χ0v) is 21.1. The van der Waals surface area contributed by atoms with Gasteiger partial charge in [0.05, 0.1) is 23.0 Å². The lowest BCUT2D eigenvalue weighted by atomic mass is 10.2. The molecule has 1 fully saturated rings. The maximum atomic E-state index is 13.2. The molecule has 9 nitrogen and oxygen atoms in total. The number of nitrogens with one attached hydrogen (secondary N) is 2. The second-order valence-corrected chi connectivity index (χ2v) is 9.17. The Morgan fingerprint density at radius 1 is 0.925 bits per heavy atom. The molecule has 1 aliphatic rings. The fraction of sp³-hybridized carbons (Fsp3) is 0.214. The number of rotatable bonds is 5. The minimum Gasteiger partial charge on any atom is -0.457 e. The summed E-state index contributed by atoms with van der Waals surface area (Å²) >= 11 is 0. The van der Waals surface area contributed by atoms with E-state index in [1.54, 1.807) is 18.2 Å². The van der Waals surface area contributed by atoms with Crippen molar-refractivity contribution in [3.8, 4) is 11.5 Å². The van der Waals surface area contributed by atoms with Crippen molar-refractivity contribution in [1.82, 2.24) is 19.8 Å². The van der Waals surface area contributed by atoms with Gasteiger partial charge in [0.2, 0.25) is 0 Å². The van der Waals surface area contributed by atoms with Crippen LogP contribution in [0, 0.1) is 0 Å². The number of ether oxygens (including phenoxy) is 1. The summed E-state index contributed by atoms with van der Waals surface area (Å²) < 4.78 is 45.0. The number of nitrogens with zero attached hydrogens (tertiary/aromatic N) is 3. The van der Waals surface area contributed by atoms with E-state index in [2.05, 4.69) is 15.3 Å². The van der Waals surface area contributed by atoms with E-state index in [0.29, 0.717) is 55.1 Å². The molecule has 0 unspecified atom stereocenters. The highest BCUT2D eigenvalue weighted by Gasteiger charge is 2.34. The molecule has 4 aromatic rings. The lowest BCUT2D eigenvalue weighted by Gasteiger charge is -2.34. The van der Waals surface area contributed by atoms with Gasteiger partial charge in [-0.05, 0) is 48.5 Å². The molecule has 0 saturated carbocycles. The summed E-state index contributed by atoms with van der Waals surface area (Å²) in [6, 6.07) is 17.6. The third-order valence-electron chi connectivity index (χ3n) is 6.42. The second kappa shape index (κ2) is 11.2. The van der Waals surface area contributed by atoms with Crippen molar-refractivity contribution in [3.63, 3.8) is 0 Å². The largest absolute Gasteiger partial charge is 0.457 e. The van der Waals surface area contributed by atoms with Gasteiger partial charge in [0.25, 0.3) is 5.56 Å². The van der Waals surface area contributed by atoms with Crippen molar-refractivity contribution in [2.75, 3.05) is 31.5 Å². The van der Waals surface area contributed by atoms with Crippen LogP contribution in [0.3, 0.4) is 0 Å². The van der Waals surface area contributed by atoms with Crippen molar-refractivity contribution in [2.45, 2.75) is 12.7 Å². The third kappa shape index (κ3) is 6.12. The number of hydrogen-bond acceptors (Lipinski definition) is 6. The maximum absolute atomic E-state index is 13.2. The smallest absolute Gasteiger partial charge is 0.419 e. The van der Waals surface area contributed by atoms with E-state index in [-0.39, 0.29) is 17.1 Å². The zero-order chi connectivity index (χ0) is 28.3. The number of amides is 2. The Labute approximate surface area is 226 Å². The number of piperazine rings is 1. The summed E-state index contributed by atoms with van der Waals surface area (Å²) in [6.45, 7) is 2.00. The molecule has 0 atom stereocenters. The topological polar surface area (TPSA) is 108 Å². The summed E-state index contributed by atoms with van der Waals surface area (Å²) in [4.78, 5) is 48.3. The number of anilines is 1. The Morgan fingerprint density at radius 2 is 1.60 bits per heavy atom. The van der Waals surface area contributed by atoms with E-state index in [9.17, 15) is 27.6 Å². The van der Waals surface area contributed by atoms with Gasteiger partial charge in [-0.1, -0.05) is 24.3 Å². The normalized spacial score (nSPS) is 14.2. The first-order valence-corrected chi connectivity index (χ1v) is 12.4. The average Bonchev–Trinajstić information content (AvgIpc) is 2.94. The molecule has 2 amide bonds. The lowest BCUT2D eigenvalue weighted by molar-refractivity contribution is -0.144. The van der Waals surface area contributed by atoms with Crippen molar-refractivity contribution in [2.24, 2.45) is 0 Å². The van der Waals surface area contributed by atoms with E-state index in [0.717, 1.165) is 6.07 Å². The fourth-order valence-corrected chi connectivity index (χ4v) is 4.38. The van der Waals surface area contributed by atoms with Gasteiger partial charge in [-0.2, -0.15) is 13.2 Å². The number of aromatic amines is 1. The molecule has 206 valence electrons. The minimum absolute atomic E-state index is 0.138. The van der Waals surface area contributed by atoms with Crippen LogP contribution < -0.4 is 15.6 Å². The Morgan fingerprint density at radius 3 is 2.33 bits per heavy atom. The average molecular weight is 552 g/mol. The second-order valence-electron chi connectivity index (χ2n) is 9.17. The van der Waals surface area contributed by atoms with Crippen molar-refractivity contribution >= 4 is 28.4 Å². The fourth-order valence-electron chi connectivity index (χ4n) is 4.38. The molecular formula is C28H24F3N5O4. The summed E-state index contributed by atoms with van der Waals surface area (Å²) in [5.41, 5.74) is -0.214. The summed E-state index contributed by atoms with van der Waals surface area (Å²) in [6.07, 6.45) is -4.57. The van der Waals surface area contributed by atoms with Crippen LogP contribution in [0.2, 0.25) is 0 Å². The third-order valence-corrected chi connectivity index (χ3v) is 6.42. The Balaban J connectivity index is 1.13. The molecule has 0 spiro atoms. The number of carbonyl (C=O) groups excluding carboxylic acids is 2. The number of halogens is 3. The molecule has 1 aliphatic heterocycles. The molecular weight excluding hydrogens is 527 g/mol. The standard InChI is InChI=1S/C28H24F3N5O4/c29-28(30,31)21-6-2-4-8-23(21)40-19-11-9-18(10-12-19)32-26(38)27(39)36-15-13-35(14-16-36)17-24-33-22-7-3-1-5-20(22)25(37)34-24/h1-12H,13-17H2,(H,32,38)(H,33,34,37). The van der Waals surface area contributed by atoms with Gasteiger partial charge in [-0.3, -0.25) is 19.3 Å². The highest BCUT2D eigenvalue weighted by atomic mass is 19.4. The Kier molecular flexibility index (Phi) is 7.52. The van der Waals surface area contributed by atoms with Crippen LogP contribution in [0.1, 0.15) is 11.4 Å². The SMILES string of the molecule is O=C(Nc1ccc(Oc2ccccc2C(F)(F)F)cc1)C(=O)N1CCN(Cc2nc3ccccc3c(=O)[nH]2)CC1. The molecule has 5 rings (SSSR count). The molecule has 1 saturated heterocycles. The van der Waals surface area contributed by atoms with Crippen LogP contribution in [-0.4, -0.2) is 57.8 Å². The Hall–Kier alpha value is -4.71. The van der Waals surface area contributed by atoms with Crippen LogP contribution in [0.15, 0.2) is 77.6 Å². The van der Waals surface area contributed by atoms with Crippen LogP contribution in [0.25, 0.3) is 10.9 Å². The first-order valence-electron chi connectivity index (χ1n) is 12.4. The van der Waals surface area contributed by atoms with Crippen LogP contribution in [0.4, 0.5) is 18.9 Å². The molecule has 1 aromatic heterocycles. The molecule has 12 heteroatoms. The van der Waals surface area contributed by atoms with Crippen molar-refractivity contribution < 1.29 is 27.5 Å². The van der Waals surface area contributed by atoms with Gasteiger partial charge < -0.3 is 19.9 Å². The van der Waals surface area contributed by atoms with Crippen LogP contribution in [-0.2, 0) is 22.3 Å². The summed E-state index contributed by atoms with van der Waals surface area (Å²) in [7, 11) is 0. The van der Waals surface area contributed by atoms with Gasteiger partial charge in [0.15, 0.2) is 0 Å². The summed E-state index contributed by atoms with van der Waals surface area (Å²) in [5, 5.41) is 3.03. The zero-order valence-electron chi connectivity index (χ0n) is 21.1. The number of H-pyrrole nitrogens is 1. The molecule has 40 heavy (non-hydrogen) atoms. The molecule has 2 N–H and O–H groups in total. The number of fused-ring (bicyclic) bond motifs is 1. The molecule has 0 aliphatic carbocycles. The van der Waals surface area contributed by atoms with Crippen LogP contribution in [0.5, 0.6) is 11.5 Å². The van der Waals surface area contributed by atoms with E-state index < -0.39 is 23.6 Å². The number of hydrogen-bond donors (Lipinski definition) is 2. The summed E-state index contributed by atoms with van der Waals surface area (Å²) in [5.74, 6) is -1.21. The Bertz CT molecular complexity index is 1600. The lowest BCUT2D eigenvalue weighted by Crippen LogP contribution is -2.51. The number of benzene rings is 3. The predicted octanol–water partition coefficient (Wildman–Crippen LogP) is 4.02. The number of para-hydroxylation sites is 2. The molecule has 0 radical (unpaired) electrons. The first-order chi connectivity index (χ1) is 19.2. The highest BCUT2D eigenvalue weighted by Crippen LogP contribution is 2.38. The molecule has 2 heterocycles. The van der Waals surface area contributed by atoms with Gasteiger partial charge in [0, 0.05) is 31.9 Å². The van der Waals surface area contributed by atoms with E-state index >= 15 is 0 Å². The minimum atomic E-state index is -4.57. The first kappa shape index (κ1) is 26.9. The van der Waals surface area contributed by atoms with E-state index in [4.69, 9.17) is 4.74 Å². The number of alkyl halides is 3. The van der Waals surface area contributed by atoms with Crippen molar-refractivity contribution in [1.29, 1.82) is 0 Å². The van der Waals surface area contributed by atoms with Gasteiger partial charge >= 0.3 is 18.0 Å². The number of aromatic nitrogens is 2. The maximum Gasteiger partial charge on any atom is 0.419 e. The van der Waals surface area contributed by atoms with Crippen molar-refractivity contribution in [3.05, 3.63) is 94.5 Å². The highest BCUT2D eigenvalue weighted by molar-refractivity contribution is 6.39. The van der Waals surface area contributed by atoms with Gasteiger partial charge in [-0.15, -0.1) is 0 Å². The van der Waals surface area contributed by atoms with E-state index in [1.807, 2.05) is 11.0 Å². The van der Waals surface area contributed by atoms with Crippen LogP contribution >= 0.6 is 0 Å². The monoisotopic (exact) mass is 551 g/mol. The van der Waals surface area contributed by atoms with E-state index in [1.165, 1.54) is 47.4 Å². The quantitative estimate of drug-likeness (QED) is 0.363. The number of carbonyl (C=O) groups is 2.